The first-order chi connectivity index (χ1) is 8.34. The van der Waals surface area contributed by atoms with Crippen molar-refractivity contribution in [1.29, 1.82) is 0 Å². The Labute approximate surface area is 103 Å². The summed E-state index contributed by atoms with van der Waals surface area (Å²) < 4.78 is 0. The lowest BCUT2D eigenvalue weighted by Gasteiger charge is -2.28. The molecule has 1 nitrogen and oxygen atoms in total. The lowest BCUT2D eigenvalue weighted by atomic mass is 9.79. The van der Waals surface area contributed by atoms with E-state index in [-0.39, 0.29) is 6.04 Å². The third-order valence-electron chi connectivity index (χ3n) is 4.03. The van der Waals surface area contributed by atoms with Crippen molar-refractivity contribution in [1.82, 2.24) is 0 Å². The molecule has 1 fully saturated rings. The summed E-state index contributed by atoms with van der Waals surface area (Å²) in [5, 5.41) is 2.62. The highest BCUT2D eigenvalue weighted by atomic mass is 14.6. The zero-order valence-electron chi connectivity index (χ0n) is 10.1. The third-order valence-corrected chi connectivity index (χ3v) is 4.03. The van der Waals surface area contributed by atoms with E-state index in [0.29, 0.717) is 0 Å². The van der Waals surface area contributed by atoms with Gasteiger partial charge in [-0.2, -0.15) is 0 Å². The van der Waals surface area contributed by atoms with Gasteiger partial charge in [-0.15, -0.1) is 0 Å². The van der Waals surface area contributed by atoms with Gasteiger partial charge in [-0.25, -0.2) is 0 Å². The van der Waals surface area contributed by atoms with Gasteiger partial charge in [-0.1, -0.05) is 61.7 Å². The highest BCUT2D eigenvalue weighted by Gasteiger charge is 2.21. The Kier molecular flexibility index (Phi) is 2.86. The maximum Gasteiger partial charge on any atom is 0.0303 e. The van der Waals surface area contributed by atoms with Crippen molar-refractivity contribution in [3.8, 4) is 0 Å². The first kappa shape index (κ1) is 10.8. The van der Waals surface area contributed by atoms with Crippen molar-refractivity contribution in [3.63, 3.8) is 0 Å². The molecule has 0 saturated heterocycles. The van der Waals surface area contributed by atoms with Gasteiger partial charge in [0.25, 0.3) is 0 Å². The van der Waals surface area contributed by atoms with Crippen LogP contribution in [0.15, 0.2) is 42.5 Å². The predicted molar refractivity (Wildman–Crippen MR) is 72.8 cm³/mol. The third kappa shape index (κ3) is 2.07. The first-order valence-corrected chi connectivity index (χ1v) is 6.58. The summed E-state index contributed by atoms with van der Waals surface area (Å²) in [5.74, 6) is 0.865. The molecular weight excluding hydrogens is 206 g/mol. The maximum atomic E-state index is 6.37. The minimum atomic E-state index is 0.200. The van der Waals surface area contributed by atoms with E-state index in [2.05, 4.69) is 42.5 Å². The van der Waals surface area contributed by atoms with Crippen LogP contribution >= 0.6 is 0 Å². The molecule has 0 aromatic heterocycles. The van der Waals surface area contributed by atoms with E-state index in [1.807, 2.05) is 0 Å². The molecule has 88 valence electrons. The quantitative estimate of drug-likeness (QED) is 0.838. The van der Waals surface area contributed by atoms with Gasteiger partial charge in [0.05, 0.1) is 0 Å². The minimum Gasteiger partial charge on any atom is -0.324 e. The first-order valence-electron chi connectivity index (χ1n) is 6.58. The minimum absolute atomic E-state index is 0.200. The van der Waals surface area contributed by atoms with Gasteiger partial charge in [0, 0.05) is 6.04 Å². The van der Waals surface area contributed by atoms with E-state index in [1.54, 1.807) is 0 Å². The van der Waals surface area contributed by atoms with Gasteiger partial charge in [-0.3, -0.25) is 0 Å². The van der Waals surface area contributed by atoms with Gasteiger partial charge >= 0.3 is 0 Å². The molecule has 1 unspecified atom stereocenters. The van der Waals surface area contributed by atoms with Gasteiger partial charge in [0.15, 0.2) is 0 Å². The molecule has 0 heterocycles. The summed E-state index contributed by atoms with van der Waals surface area (Å²) in [7, 11) is 0. The smallest absolute Gasteiger partial charge is 0.0303 e. The Morgan fingerprint density at radius 1 is 1.06 bits per heavy atom. The Morgan fingerprint density at radius 2 is 1.82 bits per heavy atom. The Balaban J connectivity index is 1.92. The van der Waals surface area contributed by atoms with E-state index in [0.717, 1.165) is 12.3 Å². The average Bonchev–Trinajstić information content (AvgIpc) is 2.33. The number of hydrogen-bond acceptors (Lipinski definition) is 1. The Morgan fingerprint density at radius 3 is 2.59 bits per heavy atom. The highest BCUT2D eigenvalue weighted by molar-refractivity contribution is 5.86. The monoisotopic (exact) mass is 225 g/mol. The zero-order valence-corrected chi connectivity index (χ0v) is 10.1. The van der Waals surface area contributed by atoms with E-state index < -0.39 is 0 Å². The number of nitrogens with two attached hydrogens (primary N) is 1. The van der Waals surface area contributed by atoms with E-state index in [1.165, 1.54) is 35.6 Å². The van der Waals surface area contributed by atoms with Gasteiger partial charge in [-0.05, 0) is 28.7 Å². The molecule has 0 spiro atoms. The number of fused-ring (bicyclic) bond motifs is 1. The van der Waals surface area contributed by atoms with Crippen LogP contribution in [0.2, 0.25) is 0 Å². The van der Waals surface area contributed by atoms with E-state index in [4.69, 9.17) is 5.73 Å². The van der Waals surface area contributed by atoms with Gasteiger partial charge in [0.2, 0.25) is 0 Å². The standard InChI is InChI=1S/C16H19N/c17-16(11-12-5-3-6-12)15-10-4-8-13-7-1-2-9-14(13)15/h1-2,4,7-10,12,16H,3,5-6,11,17H2. The molecule has 3 rings (SSSR count). The SMILES string of the molecule is NC(CC1CCC1)c1cccc2ccccc12. The average molecular weight is 225 g/mol. The van der Waals surface area contributed by atoms with Crippen molar-refractivity contribution in [2.24, 2.45) is 11.7 Å². The molecule has 1 aliphatic carbocycles. The Hall–Kier alpha value is -1.34. The van der Waals surface area contributed by atoms with Crippen molar-refractivity contribution < 1.29 is 0 Å². The molecule has 2 aromatic rings. The molecule has 1 saturated carbocycles. The lowest BCUT2D eigenvalue weighted by Crippen LogP contribution is -2.20. The largest absolute Gasteiger partial charge is 0.324 e. The van der Waals surface area contributed by atoms with Crippen LogP contribution in [0.4, 0.5) is 0 Å². The van der Waals surface area contributed by atoms with Crippen LogP contribution in [0.25, 0.3) is 10.8 Å². The topological polar surface area (TPSA) is 26.0 Å². The van der Waals surface area contributed by atoms with Crippen LogP contribution in [0.1, 0.15) is 37.3 Å². The van der Waals surface area contributed by atoms with Gasteiger partial charge in [0.1, 0.15) is 0 Å². The number of rotatable bonds is 3. The summed E-state index contributed by atoms with van der Waals surface area (Å²) in [6, 6.07) is 15.2. The maximum absolute atomic E-state index is 6.37. The molecule has 2 N–H and O–H groups in total. The van der Waals surface area contributed by atoms with Crippen molar-refractivity contribution in [2.45, 2.75) is 31.7 Å². The fraction of sp³-hybridized carbons (Fsp3) is 0.375. The lowest BCUT2D eigenvalue weighted by molar-refractivity contribution is 0.278. The van der Waals surface area contributed by atoms with Crippen LogP contribution in [0.3, 0.4) is 0 Å². The van der Waals surface area contributed by atoms with Crippen LogP contribution in [0, 0.1) is 5.92 Å². The van der Waals surface area contributed by atoms with Crippen molar-refractivity contribution in [2.75, 3.05) is 0 Å². The van der Waals surface area contributed by atoms with Crippen molar-refractivity contribution in [3.05, 3.63) is 48.0 Å². The van der Waals surface area contributed by atoms with Crippen LogP contribution in [-0.2, 0) is 0 Å². The van der Waals surface area contributed by atoms with E-state index >= 15 is 0 Å². The fourth-order valence-electron chi connectivity index (χ4n) is 2.79. The number of hydrogen-bond donors (Lipinski definition) is 1. The second kappa shape index (κ2) is 4.50. The molecular formula is C16H19N. The van der Waals surface area contributed by atoms with Crippen LogP contribution in [-0.4, -0.2) is 0 Å². The molecule has 0 amide bonds. The number of benzene rings is 2. The summed E-state index contributed by atoms with van der Waals surface area (Å²) in [6.45, 7) is 0. The van der Waals surface area contributed by atoms with E-state index in [9.17, 15) is 0 Å². The van der Waals surface area contributed by atoms with Crippen LogP contribution in [0.5, 0.6) is 0 Å². The second-order valence-electron chi connectivity index (χ2n) is 5.21. The highest BCUT2D eigenvalue weighted by Crippen LogP contribution is 2.35. The second-order valence-corrected chi connectivity index (χ2v) is 5.21. The van der Waals surface area contributed by atoms with Gasteiger partial charge < -0.3 is 5.73 Å². The predicted octanol–water partition coefficient (Wildman–Crippen LogP) is 4.03. The summed E-state index contributed by atoms with van der Waals surface area (Å²) in [4.78, 5) is 0. The summed E-state index contributed by atoms with van der Waals surface area (Å²) in [6.07, 6.45) is 5.29. The molecule has 0 aliphatic heterocycles. The molecule has 1 atom stereocenters. The summed E-state index contributed by atoms with van der Waals surface area (Å²) in [5.41, 5.74) is 7.69. The molecule has 1 heteroatoms. The van der Waals surface area contributed by atoms with Crippen molar-refractivity contribution >= 4 is 10.8 Å². The molecule has 0 radical (unpaired) electrons. The zero-order chi connectivity index (χ0) is 11.7. The Bertz CT molecular complexity index is 508. The molecule has 1 aliphatic rings. The normalized spacial score (nSPS) is 17.9. The molecule has 0 bridgehead atoms. The fourth-order valence-corrected chi connectivity index (χ4v) is 2.79. The molecule has 2 aromatic carbocycles. The van der Waals surface area contributed by atoms with Crippen LogP contribution < -0.4 is 5.73 Å². The molecule has 17 heavy (non-hydrogen) atoms. The summed E-state index contributed by atoms with van der Waals surface area (Å²) >= 11 is 0.